The molecular formula is C71H83ClIN21O10. The lowest BCUT2D eigenvalue weighted by atomic mass is 9.92. The van der Waals surface area contributed by atoms with E-state index in [4.69, 9.17) is 58.2 Å². The van der Waals surface area contributed by atoms with E-state index in [2.05, 4.69) is 88.9 Å². The van der Waals surface area contributed by atoms with Crippen molar-refractivity contribution in [3.8, 4) is 34.3 Å². The Hall–Kier alpha value is -10.4. The highest BCUT2D eigenvalue weighted by atomic mass is 127. The predicted molar refractivity (Wildman–Crippen MR) is 402 cm³/mol. The number of Topliss-reactive ketones (excluding diaryl/α,β-unsaturated/α-hetero) is 2. The molecule has 15 rings (SSSR count). The Morgan fingerprint density at radius 1 is 0.558 bits per heavy atom. The number of ether oxygens (including phenoxy) is 5. The van der Waals surface area contributed by atoms with Gasteiger partial charge in [-0.25, -0.2) is 34.9 Å². The first-order chi connectivity index (χ1) is 50.3. The molecule has 104 heavy (non-hydrogen) atoms. The summed E-state index contributed by atoms with van der Waals surface area (Å²) in [7, 11) is 6.78. The minimum absolute atomic E-state index is 0.00810. The summed E-state index contributed by atoms with van der Waals surface area (Å²) >= 11 is 8.25. The van der Waals surface area contributed by atoms with E-state index in [-0.39, 0.29) is 73.0 Å². The van der Waals surface area contributed by atoms with Gasteiger partial charge in [0.25, 0.3) is 11.8 Å². The van der Waals surface area contributed by atoms with E-state index in [1.165, 1.54) is 19.0 Å². The zero-order valence-electron chi connectivity index (χ0n) is 57.9. The summed E-state index contributed by atoms with van der Waals surface area (Å²) in [6, 6.07) is 26.0. The number of halogens is 2. The molecule has 0 radical (unpaired) electrons. The second-order valence-corrected chi connectivity index (χ2v) is 26.2. The lowest BCUT2D eigenvalue weighted by molar-refractivity contribution is -0.129. The number of hydrogen-bond donors (Lipinski definition) is 8. The maximum Gasteiger partial charge on any atom is 0.253 e. The van der Waals surface area contributed by atoms with Crippen molar-refractivity contribution in [3.05, 3.63) is 148 Å². The number of aromatic nitrogens is 11. The Kier molecular flexibility index (Phi) is 27.3. The molecule has 12 N–H and O–H groups in total. The average Bonchev–Trinajstić information content (AvgIpc) is 1.18. The number of carbonyl (C=O) groups excluding carboxylic acids is 5. The number of hydrogen-bond acceptors (Lipinski definition) is 26. The van der Waals surface area contributed by atoms with Crippen molar-refractivity contribution in [1.82, 2.24) is 59.8 Å². The number of para-hydroxylation sites is 2. The number of nitrogens with two attached hydrogens (primary N) is 4. The van der Waals surface area contributed by atoms with Crippen LogP contribution in [0.5, 0.6) is 11.5 Å². The number of nitrogen functional groups attached to an aromatic ring is 2. The van der Waals surface area contributed by atoms with Crippen molar-refractivity contribution < 1.29 is 47.7 Å². The molecule has 3 amide bonds. The largest absolute Gasteiger partial charge is 0.494 e. The van der Waals surface area contributed by atoms with Gasteiger partial charge in [-0.2, -0.15) is 10.2 Å². The molecule has 0 unspecified atom stereocenters. The van der Waals surface area contributed by atoms with E-state index in [0.29, 0.717) is 131 Å². The number of ketones is 2. The summed E-state index contributed by atoms with van der Waals surface area (Å²) in [5.74, 6) is 4.40. The van der Waals surface area contributed by atoms with E-state index >= 15 is 0 Å². The second kappa shape index (κ2) is 37.2. The first-order valence-corrected chi connectivity index (χ1v) is 35.1. The molecule has 9 aromatic rings. The topological polar surface area (TPSA) is 416 Å². The molecule has 2 aromatic carbocycles. The van der Waals surface area contributed by atoms with Crippen LogP contribution in [0.25, 0.3) is 22.8 Å². The Bertz CT molecular complexity index is 4350. The smallest absolute Gasteiger partial charge is 0.253 e. The molecule has 0 bridgehead atoms. The summed E-state index contributed by atoms with van der Waals surface area (Å²) in [6.45, 7) is 3.89. The number of rotatable bonds is 16. The highest BCUT2D eigenvalue weighted by Crippen LogP contribution is 2.42. The summed E-state index contributed by atoms with van der Waals surface area (Å²) in [5.41, 5.74) is 28.6. The molecule has 6 fully saturated rings. The molecule has 31 nitrogen and oxygen atoms in total. The fourth-order valence-electron chi connectivity index (χ4n) is 10.9. The first kappa shape index (κ1) is 76.3. The highest BCUT2D eigenvalue weighted by Gasteiger charge is 2.34. The average molecular weight is 1550 g/mol. The summed E-state index contributed by atoms with van der Waals surface area (Å²) in [5, 5.41) is 21.5. The maximum absolute atomic E-state index is 13.1. The van der Waals surface area contributed by atoms with Crippen molar-refractivity contribution in [2.75, 3.05) is 111 Å². The molecular weight excluding hydrogens is 1470 g/mol. The van der Waals surface area contributed by atoms with Gasteiger partial charge in [-0.1, -0.05) is 36.6 Å². The fraction of sp³-hybridized carbons (Fsp3) is 0.352. The van der Waals surface area contributed by atoms with Crippen LogP contribution < -0.4 is 63.5 Å². The standard InChI is InChI=1S/C28H28N8O4.C19H18ClN5O2.C9H11N3O2.C6H14N2.C5H5IN2.C4H7NO2/c1-35-16-31-28(34-35)19-4-3-5-21(27(19)39-2)32-22-12-24(30-14-20(22)26(38)17-6-7-17)33-23-9-8-18(13-29-23)36-10-11-40-15-25(36)37;1-25-10-22-19(24-25)12-4-3-5-14(18(12)27-2)23-15-8-16(20)21-9-13(15)17(26)11-6-7-11;10-8-2-1-7(5-11-8)12-3-4-14-6-9(12)13;7-5-3-1-2-4-6(5)8;6-4-1-2-5(7)8-3-4;6-4-3-7-2-1-5-4/h3-5,8-9,12-14,16-17H,6-7,10-11,15H2,1-2H3,(H2,29,30,32,33);3-5,8-11H,6-7H2,1-2H3,(H,21,23);1-2,5H,3-4,6H2,(H2,10,11);5-6H,1-4,7-8H2;1-3H,(H2,7,8);1-3H2,(H,5,6)/t;;;5-,6+;;. The van der Waals surface area contributed by atoms with Crippen LogP contribution in [0, 0.1) is 15.4 Å². The molecule has 546 valence electrons. The van der Waals surface area contributed by atoms with Gasteiger partial charge >= 0.3 is 0 Å². The Morgan fingerprint density at radius 2 is 1.05 bits per heavy atom. The normalized spacial score (nSPS) is 16.8. The highest BCUT2D eigenvalue weighted by molar-refractivity contribution is 14.1. The molecule has 3 aliphatic carbocycles. The van der Waals surface area contributed by atoms with Crippen molar-refractivity contribution in [3.63, 3.8) is 0 Å². The van der Waals surface area contributed by atoms with Gasteiger partial charge in [-0.15, -0.1) is 0 Å². The molecule has 3 saturated carbocycles. The van der Waals surface area contributed by atoms with Gasteiger partial charge in [-0.3, -0.25) is 33.3 Å². The molecule has 33 heteroatoms. The summed E-state index contributed by atoms with van der Waals surface area (Å²) < 4.78 is 30.7. The van der Waals surface area contributed by atoms with Gasteiger partial charge in [0, 0.05) is 85.9 Å². The van der Waals surface area contributed by atoms with E-state index < -0.39 is 0 Å². The van der Waals surface area contributed by atoms with Gasteiger partial charge in [0.2, 0.25) is 5.91 Å². The third kappa shape index (κ3) is 21.6. The zero-order valence-corrected chi connectivity index (χ0v) is 60.8. The molecule has 6 aliphatic rings. The van der Waals surface area contributed by atoms with Gasteiger partial charge in [0.05, 0.1) is 103 Å². The van der Waals surface area contributed by atoms with Gasteiger partial charge < -0.3 is 77.7 Å². The number of pyridine rings is 5. The third-order valence-corrected chi connectivity index (χ3v) is 17.5. The number of methoxy groups -OCH3 is 2. The lowest BCUT2D eigenvalue weighted by Crippen LogP contribution is -2.43. The predicted octanol–water partition coefficient (Wildman–Crippen LogP) is 8.24. The molecule has 3 saturated heterocycles. The SMILES string of the molecule is COc1c(Nc2cc(Cl)ncc2C(=O)C2CC2)cccc1-c1ncn(C)n1.COc1c(Nc2cc(Nc3ccc(N4CCOCC4=O)cn3)ncc2C(=O)C2CC2)cccc1-c1ncn(C)n1.N[C@@H]1CCCC[C@@H]1N.Nc1ccc(I)cn1.Nc1ccc(N2CCOCC2=O)cn1.O=C1COCCN1. The van der Waals surface area contributed by atoms with Gasteiger partial charge in [0.15, 0.2) is 34.7 Å². The summed E-state index contributed by atoms with van der Waals surface area (Å²) in [6.07, 6.45) is 19.7. The van der Waals surface area contributed by atoms with E-state index in [1.807, 2.05) is 48.5 Å². The monoisotopic (exact) mass is 1550 g/mol. The van der Waals surface area contributed by atoms with E-state index in [1.54, 1.807) is 121 Å². The Labute approximate surface area is 619 Å². The first-order valence-electron chi connectivity index (χ1n) is 33.6. The Balaban J connectivity index is 0.000000154. The minimum Gasteiger partial charge on any atom is -0.494 e. The molecule has 10 heterocycles. The number of carbonyl (C=O) groups is 5. The van der Waals surface area contributed by atoms with E-state index in [9.17, 15) is 24.0 Å². The third-order valence-electron chi connectivity index (χ3n) is 16.7. The van der Waals surface area contributed by atoms with Crippen molar-refractivity contribution in [2.45, 2.75) is 63.5 Å². The van der Waals surface area contributed by atoms with Crippen molar-refractivity contribution in [1.29, 1.82) is 0 Å². The van der Waals surface area contributed by atoms with Crippen molar-refractivity contribution >= 4 is 121 Å². The summed E-state index contributed by atoms with van der Waals surface area (Å²) in [4.78, 5) is 92.3. The van der Waals surface area contributed by atoms with Crippen LogP contribution >= 0.6 is 34.2 Å². The van der Waals surface area contributed by atoms with Crippen LogP contribution in [0.4, 0.5) is 57.4 Å². The quantitative estimate of drug-likeness (QED) is 0.0256. The number of nitrogens with one attached hydrogen (secondary N) is 4. The second-order valence-electron chi connectivity index (χ2n) is 24.5. The van der Waals surface area contributed by atoms with Crippen LogP contribution in [0.15, 0.2) is 129 Å². The Morgan fingerprint density at radius 3 is 1.45 bits per heavy atom. The molecule has 7 aromatic heterocycles. The van der Waals surface area contributed by atoms with Crippen LogP contribution in [0.3, 0.4) is 0 Å². The number of aryl methyl sites for hydroxylation is 2. The number of morpholine rings is 3. The molecule has 3 aliphatic heterocycles. The van der Waals surface area contributed by atoms with Crippen LogP contribution in [-0.2, 0) is 42.7 Å². The number of anilines is 10. The van der Waals surface area contributed by atoms with E-state index in [0.717, 1.165) is 58.9 Å². The van der Waals surface area contributed by atoms with Crippen LogP contribution in [-0.4, -0.2) is 169 Å². The fourth-order valence-corrected chi connectivity index (χ4v) is 11.4. The number of nitrogens with zero attached hydrogens (tertiary/aromatic N) is 13. The maximum atomic E-state index is 13.1. The lowest BCUT2D eigenvalue weighted by Gasteiger charge is -2.26. The van der Waals surface area contributed by atoms with Crippen molar-refractivity contribution in [2.24, 2.45) is 37.4 Å². The number of amides is 3. The van der Waals surface area contributed by atoms with Gasteiger partial charge in [-0.05, 0) is 128 Å². The zero-order chi connectivity index (χ0) is 73.7. The van der Waals surface area contributed by atoms with Crippen LogP contribution in [0.1, 0.15) is 72.1 Å². The number of benzene rings is 2. The minimum atomic E-state index is -0.0969. The van der Waals surface area contributed by atoms with Gasteiger partial charge in [0.1, 0.15) is 60.9 Å². The molecule has 0 spiro atoms. The van der Waals surface area contributed by atoms with Crippen LogP contribution in [0.2, 0.25) is 5.15 Å². The molecule has 2 atom stereocenters.